The summed E-state index contributed by atoms with van der Waals surface area (Å²) < 4.78 is 2.41. The molecule has 0 unspecified atom stereocenters. The molecule has 308 valence electrons. The molecule has 0 saturated heterocycles. The molecule has 12 rings (SSSR count). The van der Waals surface area contributed by atoms with Gasteiger partial charge in [-0.2, -0.15) is 0 Å². The number of para-hydroxylation sites is 1. The number of nitrogens with zero attached hydrogens (tertiary/aromatic N) is 2. The largest absolute Gasteiger partial charge is 0.310 e. The lowest BCUT2D eigenvalue weighted by atomic mass is 9.67. The fourth-order valence-electron chi connectivity index (χ4n) is 10.8. The molecule has 0 aliphatic heterocycles. The molecule has 0 N–H and O–H groups in total. The second-order valence-electron chi connectivity index (χ2n) is 17.5. The van der Waals surface area contributed by atoms with Crippen LogP contribution >= 0.6 is 0 Å². The van der Waals surface area contributed by atoms with Crippen LogP contribution in [0.2, 0.25) is 0 Å². The molecule has 1 aliphatic carbocycles. The molecule has 1 aromatic heterocycles. The van der Waals surface area contributed by atoms with E-state index in [1.165, 1.54) is 94.3 Å². The number of benzene rings is 10. The maximum absolute atomic E-state index is 2.45. The Morgan fingerprint density at radius 1 is 0.338 bits per heavy atom. The summed E-state index contributed by atoms with van der Waals surface area (Å²) in [4.78, 5) is 2.42. The normalized spacial score (nSPS) is 12.6. The van der Waals surface area contributed by atoms with Crippen LogP contribution in [0.5, 0.6) is 0 Å². The summed E-state index contributed by atoms with van der Waals surface area (Å²) in [5.41, 5.74) is 21.3. The summed E-state index contributed by atoms with van der Waals surface area (Å²) in [5.74, 6) is 0. The maximum Gasteiger partial charge on any atom is 0.0714 e. The summed E-state index contributed by atoms with van der Waals surface area (Å²) in [6, 6.07) is 89.5. The first kappa shape index (κ1) is 38.5. The van der Waals surface area contributed by atoms with Gasteiger partial charge in [0, 0.05) is 33.5 Å². The predicted molar refractivity (Wildman–Crippen MR) is 273 cm³/mol. The van der Waals surface area contributed by atoms with Gasteiger partial charge < -0.3 is 9.47 Å². The first-order valence-corrected chi connectivity index (χ1v) is 22.6. The fraction of sp³-hybridized carbons (Fsp3) is 0.0476. The number of anilines is 3. The Kier molecular flexibility index (Phi) is 9.21. The summed E-state index contributed by atoms with van der Waals surface area (Å²) >= 11 is 0. The minimum atomic E-state index is -0.503. The lowest BCUT2D eigenvalue weighted by Gasteiger charge is -2.35. The molecule has 0 spiro atoms. The summed E-state index contributed by atoms with van der Waals surface area (Å²) in [6.07, 6.45) is 0. The molecule has 2 heteroatoms. The molecule has 0 bridgehead atoms. The van der Waals surface area contributed by atoms with E-state index in [-0.39, 0.29) is 0 Å². The number of fused-ring (bicyclic) bond motifs is 6. The molecule has 11 aromatic rings. The SMILES string of the molecule is Cc1cc(C)cc(-n2c3ccccc3c3cc(-c4ccc(N(c5ccc(-c6ccccc6)cc5)c5ccc6c(c5)C(c5ccccc5)(c5ccccc5)c5ccccc5-6)cc4)ccc32)c1. The Labute approximate surface area is 381 Å². The Balaban J connectivity index is 1.01. The molecular formula is C63H46N2. The van der Waals surface area contributed by atoms with Crippen molar-refractivity contribution in [2.75, 3.05) is 4.90 Å². The van der Waals surface area contributed by atoms with Gasteiger partial charge in [0.2, 0.25) is 0 Å². The zero-order valence-corrected chi connectivity index (χ0v) is 36.5. The van der Waals surface area contributed by atoms with Crippen molar-refractivity contribution >= 4 is 38.9 Å². The van der Waals surface area contributed by atoms with Gasteiger partial charge in [0.15, 0.2) is 0 Å². The lowest BCUT2D eigenvalue weighted by Crippen LogP contribution is -2.28. The Morgan fingerprint density at radius 3 is 1.49 bits per heavy atom. The van der Waals surface area contributed by atoms with Crippen molar-refractivity contribution in [1.82, 2.24) is 4.57 Å². The minimum absolute atomic E-state index is 0.503. The van der Waals surface area contributed by atoms with Gasteiger partial charge >= 0.3 is 0 Å². The highest BCUT2D eigenvalue weighted by molar-refractivity contribution is 6.10. The molecule has 10 aromatic carbocycles. The van der Waals surface area contributed by atoms with Crippen LogP contribution in [-0.4, -0.2) is 4.57 Å². The van der Waals surface area contributed by atoms with Gasteiger partial charge in [-0.1, -0.05) is 176 Å². The number of rotatable bonds is 8. The van der Waals surface area contributed by atoms with Gasteiger partial charge in [-0.05, 0) is 147 Å². The smallest absolute Gasteiger partial charge is 0.0714 e. The highest BCUT2D eigenvalue weighted by Crippen LogP contribution is 2.57. The second kappa shape index (κ2) is 15.6. The number of hydrogen-bond donors (Lipinski definition) is 0. The molecule has 1 heterocycles. The van der Waals surface area contributed by atoms with Crippen molar-refractivity contribution in [2.24, 2.45) is 0 Å². The van der Waals surface area contributed by atoms with Crippen LogP contribution in [0.4, 0.5) is 17.1 Å². The van der Waals surface area contributed by atoms with E-state index in [4.69, 9.17) is 0 Å². The molecular weight excluding hydrogens is 785 g/mol. The Hall–Kier alpha value is -8.20. The van der Waals surface area contributed by atoms with Crippen LogP contribution in [0.1, 0.15) is 33.4 Å². The van der Waals surface area contributed by atoms with Gasteiger partial charge in [-0.3, -0.25) is 0 Å². The second-order valence-corrected chi connectivity index (χ2v) is 17.5. The summed E-state index contributed by atoms with van der Waals surface area (Å²) in [6.45, 7) is 4.36. The third kappa shape index (κ3) is 6.32. The molecule has 0 saturated carbocycles. The van der Waals surface area contributed by atoms with Crippen molar-refractivity contribution in [2.45, 2.75) is 19.3 Å². The average molecular weight is 831 g/mol. The maximum atomic E-state index is 2.45. The lowest BCUT2D eigenvalue weighted by molar-refractivity contribution is 0.768. The third-order valence-electron chi connectivity index (χ3n) is 13.5. The van der Waals surface area contributed by atoms with E-state index in [1.54, 1.807) is 0 Å². The zero-order chi connectivity index (χ0) is 43.5. The Bertz CT molecular complexity index is 3470. The molecule has 0 fully saturated rings. The molecule has 0 atom stereocenters. The quantitative estimate of drug-likeness (QED) is 0.148. The van der Waals surface area contributed by atoms with Crippen molar-refractivity contribution in [3.8, 4) is 39.1 Å². The fourth-order valence-corrected chi connectivity index (χ4v) is 10.8. The predicted octanol–water partition coefficient (Wildman–Crippen LogP) is 16.6. The van der Waals surface area contributed by atoms with E-state index >= 15 is 0 Å². The minimum Gasteiger partial charge on any atom is -0.310 e. The summed E-state index contributed by atoms with van der Waals surface area (Å²) in [7, 11) is 0. The van der Waals surface area contributed by atoms with E-state index in [0.29, 0.717) is 0 Å². The Morgan fingerprint density at radius 2 is 0.831 bits per heavy atom. The first-order chi connectivity index (χ1) is 32.0. The van der Waals surface area contributed by atoms with Crippen LogP contribution < -0.4 is 4.90 Å². The zero-order valence-electron chi connectivity index (χ0n) is 36.5. The van der Waals surface area contributed by atoms with Gasteiger partial charge in [0.25, 0.3) is 0 Å². The van der Waals surface area contributed by atoms with E-state index in [1.807, 2.05) is 0 Å². The van der Waals surface area contributed by atoms with E-state index in [2.05, 4.69) is 266 Å². The monoisotopic (exact) mass is 830 g/mol. The van der Waals surface area contributed by atoms with Crippen molar-refractivity contribution < 1.29 is 0 Å². The highest BCUT2D eigenvalue weighted by Gasteiger charge is 2.46. The van der Waals surface area contributed by atoms with Gasteiger partial charge in [0.05, 0.1) is 16.4 Å². The van der Waals surface area contributed by atoms with Crippen LogP contribution in [0.15, 0.2) is 243 Å². The number of hydrogen-bond acceptors (Lipinski definition) is 1. The molecule has 65 heavy (non-hydrogen) atoms. The van der Waals surface area contributed by atoms with Crippen molar-refractivity contribution in [3.05, 3.63) is 276 Å². The van der Waals surface area contributed by atoms with E-state index < -0.39 is 5.41 Å². The number of aryl methyl sites for hydroxylation is 2. The molecule has 2 nitrogen and oxygen atoms in total. The average Bonchev–Trinajstić information content (AvgIpc) is 3.85. The van der Waals surface area contributed by atoms with E-state index in [0.717, 1.165) is 17.1 Å². The van der Waals surface area contributed by atoms with Gasteiger partial charge in [-0.25, -0.2) is 0 Å². The standard InChI is InChI=1S/C63H46N2/c1-43-38-44(2)40-54(39-43)65-61-25-15-13-23-57(61)58-41-48(30-37-62(58)65)47-28-33-52(34-29-47)64(51-31-26-46(27-32-51)45-16-6-3-7-17-45)53-35-36-56-55-22-12-14-24-59(55)63(60(56)42-53,49-18-8-4-9-19-49)50-20-10-5-11-21-50/h3-42H,1-2H3. The van der Waals surface area contributed by atoms with Crippen LogP contribution in [0.25, 0.3) is 60.9 Å². The molecule has 0 amide bonds. The molecule has 1 aliphatic rings. The topological polar surface area (TPSA) is 8.17 Å². The first-order valence-electron chi connectivity index (χ1n) is 22.6. The van der Waals surface area contributed by atoms with Crippen molar-refractivity contribution in [1.29, 1.82) is 0 Å². The number of aromatic nitrogens is 1. The van der Waals surface area contributed by atoms with Gasteiger partial charge in [0.1, 0.15) is 0 Å². The third-order valence-corrected chi connectivity index (χ3v) is 13.5. The van der Waals surface area contributed by atoms with Crippen LogP contribution in [0, 0.1) is 13.8 Å². The van der Waals surface area contributed by atoms with E-state index in [9.17, 15) is 0 Å². The van der Waals surface area contributed by atoms with Crippen LogP contribution in [0.3, 0.4) is 0 Å². The highest BCUT2D eigenvalue weighted by atomic mass is 15.1. The molecule has 0 radical (unpaired) electrons. The van der Waals surface area contributed by atoms with Gasteiger partial charge in [-0.15, -0.1) is 0 Å². The van der Waals surface area contributed by atoms with Crippen molar-refractivity contribution in [3.63, 3.8) is 0 Å². The van der Waals surface area contributed by atoms with Crippen LogP contribution in [-0.2, 0) is 5.41 Å². The summed E-state index contributed by atoms with van der Waals surface area (Å²) in [5, 5.41) is 2.51.